The van der Waals surface area contributed by atoms with Crippen LogP contribution >= 0.6 is 0 Å². The van der Waals surface area contributed by atoms with Gasteiger partial charge in [-0.15, -0.1) is 0 Å². The molecule has 0 saturated carbocycles. The van der Waals surface area contributed by atoms with Crippen LogP contribution in [0.1, 0.15) is 36.5 Å². The molecule has 0 spiro atoms. The van der Waals surface area contributed by atoms with Gasteiger partial charge in [0.05, 0.1) is 0 Å². The van der Waals surface area contributed by atoms with E-state index in [1.165, 1.54) is 42.6 Å². The maximum Gasteiger partial charge on any atom is 0.191 e. The molecule has 1 fully saturated rings. The first-order chi connectivity index (χ1) is 11.6. The van der Waals surface area contributed by atoms with Gasteiger partial charge in [-0.1, -0.05) is 29.3 Å². The molecule has 24 heavy (non-hydrogen) atoms. The fraction of sp³-hybridized carbons (Fsp3) is 0.650. The van der Waals surface area contributed by atoms with E-state index in [2.05, 4.69) is 61.6 Å². The van der Waals surface area contributed by atoms with Crippen molar-refractivity contribution in [2.45, 2.75) is 40.0 Å². The molecule has 1 aliphatic rings. The normalized spacial score (nSPS) is 19.3. The van der Waals surface area contributed by atoms with E-state index in [1.54, 1.807) is 0 Å². The standard InChI is InChI=1S/C20H34N4/c1-5-21-20(23-14-19-7-6-10-24(4)15-19)22-9-8-18-12-16(2)11-17(3)13-18/h11-13,19H,5-10,14-15H2,1-4H3,(H2,21,22,23). The van der Waals surface area contributed by atoms with E-state index in [0.29, 0.717) is 5.92 Å². The first kappa shape index (κ1) is 18.8. The zero-order chi connectivity index (χ0) is 17.4. The van der Waals surface area contributed by atoms with Crippen LogP contribution in [0.4, 0.5) is 0 Å². The Morgan fingerprint density at radius 2 is 1.96 bits per heavy atom. The van der Waals surface area contributed by atoms with Gasteiger partial charge in [0, 0.05) is 26.2 Å². The lowest BCUT2D eigenvalue weighted by atomic mass is 9.99. The summed E-state index contributed by atoms with van der Waals surface area (Å²) in [6, 6.07) is 6.77. The van der Waals surface area contributed by atoms with Crippen LogP contribution in [-0.4, -0.2) is 50.6 Å². The number of aliphatic imine (C=N–C) groups is 1. The first-order valence-electron chi connectivity index (χ1n) is 9.34. The number of hydrogen-bond acceptors (Lipinski definition) is 2. The van der Waals surface area contributed by atoms with Crippen molar-refractivity contribution in [2.75, 3.05) is 39.8 Å². The quantitative estimate of drug-likeness (QED) is 0.622. The Hall–Kier alpha value is -1.55. The number of piperidine rings is 1. The summed E-state index contributed by atoms with van der Waals surface area (Å²) < 4.78 is 0. The van der Waals surface area contributed by atoms with Gasteiger partial charge in [0.2, 0.25) is 0 Å². The molecule has 1 aromatic carbocycles. The molecule has 0 aromatic heterocycles. The molecule has 0 aliphatic carbocycles. The van der Waals surface area contributed by atoms with Crippen molar-refractivity contribution in [3.63, 3.8) is 0 Å². The van der Waals surface area contributed by atoms with Crippen LogP contribution in [0.2, 0.25) is 0 Å². The number of nitrogens with one attached hydrogen (secondary N) is 2. The molecule has 0 bridgehead atoms. The molecule has 4 heteroatoms. The van der Waals surface area contributed by atoms with Crippen LogP contribution in [0.25, 0.3) is 0 Å². The van der Waals surface area contributed by atoms with Crippen molar-refractivity contribution in [2.24, 2.45) is 10.9 Å². The zero-order valence-electron chi connectivity index (χ0n) is 15.9. The number of nitrogens with zero attached hydrogens (tertiary/aromatic N) is 2. The summed E-state index contributed by atoms with van der Waals surface area (Å²) in [5.74, 6) is 1.65. The molecule has 4 nitrogen and oxygen atoms in total. The Labute approximate surface area is 147 Å². The van der Waals surface area contributed by atoms with E-state index in [9.17, 15) is 0 Å². The highest BCUT2D eigenvalue weighted by atomic mass is 15.2. The second-order valence-corrected chi connectivity index (χ2v) is 7.16. The Morgan fingerprint density at radius 1 is 1.21 bits per heavy atom. The van der Waals surface area contributed by atoms with E-state index in [1.807, 2.05) is 0 Å². The summed E-state index contributed by atoms with van der Waals surface area (Å²) in [5.41, 5.74) is 4.07. The molecule has 1 heterocycles. The van der Waals surface area contributed by atoms with Crippen LogP contribution < -0.4 is 10.6 Å². The molecule has 1 aromatic rings. The monoisotopic (exact) mass is 330 g/mol. The number of aryl methyl sites for hydroxylation is 2. The molecule has 0 amide bonds. The molecule has 1 saturated heterocycles. The highest BCUT2D eigenvalue weighted by Crippen LogP contribution is 2.15. The van der Waals surface area contributed by atoms with Crippen molar-refractivity contribution in [1.29, 1.82) is 0 Å². The maximum absolute atomic E-state index is 4.81. The Bertz CT molecular complexity index is 518. The summed E-state index contributed by atoms with van der Waals surface area (Å²) in [6.45, 7) is 11.6. The van der Waals surface area contributed by atoms with Crippen molar-refractivity contribution in [3.05, 3.63) is 34.9 Å². The average molecular weight is 331 g/mol. The number of rotatable bonds is 6. The molecule has 134 valence electrons. The van der Waals surface area contributed by atoms with E-state index in [-0.39, 0.29) is 0 Å². The number of likely N-dealkylation sites (tertiary alicyclic amines) is 1. The van der Waals surface area contributed by atoms with Crippen molar-refractivity contribution in [3.8, 4) is 0 Å². The van der Waals surface area contributed by atoms with Crippen LogP contribution in [0.15, 0.2) is 23.2 Å². The third-order valence-electron chi connectivity index (χ3n) is 4.56. The van der Waals surface area contributed by atoms with Gasteiger partial charge in [-0.05, 0) is 65.1 Å². The average Bonchev–Trinajstić information content (AvgIpc) is 2.52. The van der Waals surface area contributed by atoms with Crippen LogP contribution in [0.3, 0.4) is 0 Å². The summed E-state index contributed by atoms with van der Waals surface area (Å²) in [7, 11) is 2.21. The predicted octanol–water partition coefficient (Wildman–Crippen LogP) is 2.74. The molecule has 2 N–H and O–H groups in total. The summed E-state index contributed by atoms with van der Waals surface area (Å²) >= 11 is 0. The van der Waals surface area contributed by atoms with E-state index in [4.69, 9.17) is 4.99 Å². The third kappa shape index (κ3) is 6.52. The lowest BCUT2D eigenvalue weighted by Crippen LogP contribution is -2.39. The van der Waals surface area contributed by atoms with Gasteiger partial charge in [0.15, 0.2) is 5.96 Å². The fourth-order valence-electron chi connectivity index (χ4n) is 3.52. The van der Waals surface area contributed by atoms with E-state index < -0.39 is 0 Å². The van der Waals surface area contributed by atoms with E-state index in [0.717, 1.165) is 32.0 Å². The molecule has 2 rings (SSSR count). The summed E-state index contributed by atoms with van der Waals surface area (Å²) in [4.78, 5) is 7.23. The number of hydrogen-bond donors (Lipinski definition) is 2. The topological polar surface area (TPSA) is 39.7 Å². The molecule has 1 atom stereocenters. The number of guanidine groups is 1. The van der Waals surface area contributed by atoms with Crippen molar-refractivity contribution in [1.82, 2.24) is 15.5 Å². The van der Waals surface area contributed by atoms with Gasteiger partial charge in [-0.25, -0.2) is 0 Å². The first-order valence-corrected chi connectivity index (χ1v) is 9.34. The fourth-order valence-corrected chi connectivity index (χ4v) is 3.52. The van der Waals surface area contributed by atoms with Crippen molar-refractivity contribution < 1.29 is 0 Å². The lowest BCUT2D eigenvalue weighted by molar-refractivity contribution is 0.214. The predicted molar refractivity (Wildman–Crippen MR) is 104 cm³/mol. The SMILES string of the molecule is CCNC(=NCC1CCCN(C)C1)NCCc1cc(C)cc(C)c1. The van der Waals surface area contributed by atoms with Crippen LogP contribution in [-0.2, 0) is 6.42 Å². The Balaban J connectivity index is 1.82. The van der Waals surface area contributed by atoms with Crippen LogP contribution in [0, 0.1) is 19.8 Å². The van der Waals surface area contributed by atoms with Gasteiger partial charge in [0.25, 0.3) is 0 Å². The van der Waals surface area contributed by atoms with Gasteiger partial charge >= 0.3 is 0 Å². The Kier molecular flexibility index (Phi) is 7.57. The molecule has 0 radical (unpaired) electrons. The third-order valence-corrected chi connectivity index (χ3v) is 4.56. The Morgan fingerprint density at radius 3 is 2.62 bits per heavy atom. The minimum atomic E-state index is 0.693. The van der Waals surface area contributed by atoms with Gasteiger partial charge in [-0.2, -0.15) is 0 Å². The minimum Gasteiger partial charge on any atom is -0.357 e. The largest absolute Gasteiger partial charge is 0.357 e. The molecule has 1 aliphatic heterocycles. The summed E-state index contributed by atoms with van der Waals surface area (Å²) in [6.07, 6.45) is 3.63. The van der Waals surface area contributed by atoms with Gasteiger partial charge < -0.3 is 15.5 Å². The van der Waals surface area contributed by atoms with Gasteiger partial charge in [-0.3, -0.25) is 4.99 Å². The van der Waals surface area contributed by atoms with Gasteiger partial charge in [0.1, 0.15) is 0 Å². The molecule has 1 unspecified atom stereocenters. The summed E-state index contributed by atoms with van der Waals surface area (Å²) in [5, 5.41) is 6.85. The second kappa shape index (κ2) is 9.67. The maximum atomic E-state index is 4.81. The minimum absolute atomic E-state index is 0.693. The molecular formula is C20H34N4. The van der Waals surface area contributed by atoms with Crippen molar-refractivity contribution >= 4 is 5.96 Å². The lowest BCUT2D eigenvalue weighted by Gasteiger charge is -2.28. The highest BCUT2D eigenvalue weighted by Gasteiger charge is 2.16. The highest BCUT2D eigenvalue weighted by molar-refractivity contribution is 5.79. The zero-order valence-corrected chi connectivity index (χ0v) is 15.9. The van der Waals surface area contributed by atoms with E-state index >= 15 is 0 Å². The molecular weight excluding hydrogens is 296 g/mol. The number of benzene rings is 1. The van der Waals surface area contributed by atoms with Crippen LogP contribution in [0.5, 0.6) is 0 Å². The smallest absolute Gasteiger partial charge is 0.191 e. The second-order valence-electron chi connectivity index (χ2n) is 7.16.